The molecule has 2 N–H and O–H groups in total. The molecule has 0 amide bonds. The molecule has 0 radical (unpaired) electrons. The number of thiophene rings is 1. The molecule has 0 saturated heterocycles. The van der Waals surface area contributed by atoms with E-state index >= 15 is 0 Å². The van der Waals surface area contributed by atoms with Crippen molar-refractivity contribution in [3.05, 3.63) is 53.6 Å². The fourth-order valence-electron chi connectivity index (χ4n) is 1.55. The maximum atomic E-state index is 6.25. The largest absolute Gasteiger partial charge is 0.320 e. The number of hydrogen-bond donors (Lipinski definition) is 1. The van der Waals surface area contributed by atoms with Gasteiger partial charge in [0.25, 0.3) is 0 Å². The maximum absolute atomic E-state index is 6.25. The van der Waals surface area contributed by atoms with E-state index < -0.39 is 0 Å². The molecule has 0 aliphatic heterocycles. The van der Waals surface area contributed by atoms with E-state index in [1.165, 1.54) is 4.88 Å². The van der Waals surface area contributed by atoms with Gasteiger partial charge in [-0.25, -0.2) is 0 Å². The summed E-state index contributed by atoms with van der Waals surface area (Å²) in [4.78, 5) is 2.36. The quantitative estimate of drug-likeness (QED) is 0.735. The van der Waals surface area contributed by atoms with Crippen molar-refractivity contribution in [2.24, 2.45) is 5.73 Å². The number of benzene rings is 1. The van der Waals surface area contributed by atoms with Crippen LogP contribution in [0.4, 0.5) is 0 Å². The predicted octanol–water partition coefficient (Wildman–Crippen LogP) is 5.28. The third-order valence-electron chi connectivity index (χ3n) is 2.43. The standard InChI is InChI=1S/C12H10Br2ClNS/c1-6-10(14)5-11(17-6)12(16)7-2-8(13)4-9(15)3-7/h2-5,12H,16H2,1H3. The van der Waals surface area contributed by atoms with E-state index in [0.29, 0.717) is 5.02 Å². The van der Waals surface area contributed by atoms with Crippen LogP contribution in [0.1, 0.15) is 21.4 Å². The summed E-state index contributed by atoms with van der Waals surface area (Å²) in [6.45, 7) is 2.07. The number of halogens is 3. The monoisotopic (exact) mass is 393 g/mol. The first-order valence-corrected chi connectivity index (χ1v) is 7.73. The molecular formula is C12H10Br2ClNS. The minimum absolute atomic E-state index is 0.139. The van der Waals surface area contributed by atoms with E-state index in [9.17, 15) is 0 Å². The number of aryl methyl sites for hydroxylation is 1. The van der Waals surface area contributed by atoms with Gasteiger partial charge in [-0.2, -0.15) is 0 Å². The Labute approximate surface area is 126 Å². The Balaban J connectivity index is 2.39. The van der Waals surface area contributed by atoms with Crippen molar-refractivity contribution in [2.75, 3.05) is 0 Å². The van der Waals surface area contributed by atoms with Gasteiger partial charge < -0.3 is 5.73 Å². The zero-order valence-corrected chi connectivity index (χ0v) is 13.8. The van der Waals surface area contributed by atoms with Gasteiger partial charge in [-0.15, -0.1) is 11.3 Å². The van der Waals surface area contributed by atoms with Crippen molar-refractivity contribution in [1.29, 1.82) is 0 Å². The highest BCUT2D eigenvalue weighted by Gasteiger charge is 2.14. The minimum atomic E-state index is -0.139. The van der Waals surface area contributed by atoms with Crippen molar-refractivity contribution < 1.29 is 0 Å². The van der Waals surface area contributed by atoms with Gasteiger partial charge in [-0.3, -0.25) is 0 Å². The Kier molecular flexibility index (Phi) is 4.31. The molecule has 1 aromatic carbocycles. The van der Waals surface area contributed by atoms with Crippen LogP contribution in [-0.2, 0) is 0 Å². The van der Waals surface area contributed by atoms with Crippen LogP contribution in [0.25, 0.3) is 0 Å². The Bertz CT molecular complexity index is 514. The third kappa shape index (κ3) is 3.12. The van der Waals surface area contributed by atoms with Crippen LogP contribution < -0.4 is 5.73 Å². The highest BCUT2D eigenvalue weighted by atomic mass is 79.9. The molecule has 0 spiro atoms. The molecule has 1 unspecified atom stereocenters. The molecular weight excluding hydrogens is 385 g/mol. The number of nitrogens with two attached hydrogens (primary N) is 1. The van der Waals surface area contributed by atoms with Crippen molar-refractivity contribution in [3.8, 4) is 0 Å². The fourth-order valence-corrected chi connectivity index (χ4v) is 4.03. The first kappa shape index (κ1) is 13.6. The highest BCUT2D eigenvalue weighted by molar-refractivity contribution is 9.10. The third-order valence-corrected chi connectivity index (χ3v) is 5.32. The number of hydrogen-bond acceptors (Lipinski definition) is 2. The first-order chi connectivity index (χ1) is 7.97. The number of rotatable bonds is 2. The van der Waals surface area contributed by atoms with E-state index in [1.54, 1.807) is 11.3 Å². The predicted molar refractivity (Wildman–Crippen MR) is 81.9 cm³/mol. The van der Waals surface area contributed by atoms with E-state index in [-0.39, 0.29) is 6.04 Å². The zero-order chi connectivity index (χ0) is 12.6. The van der Waals surface area contributed by atoms with Crippen molar-refractivity contribution in [1.82, 2.24) is 0 Å². The zero-order valence-electron chi connectivity index (χ0n) is 9.01. The first-order valence-electron chi connectivity index (χ1n) is 4.95. The van der Waals surface area contributed by atoms with Gasteiger partial charge in [0.1, 0.15) is 0 Å². The molecule has 17 heavy (non-hydrogen) atoms. The van der Waals surface area contributed by atoms with Crippen LogP contribution >= 0.6 is 54.8 Å². The van der Waals surface area contributed by atoms with Crippen LogP contribution in [0.2, 0.25) is 5.02 Å². The summed E-state index contributed by atoms with van der Waals surface area (Å²) in [5.41, 5.74) is 7.26. The summed E-state index contributed by atoms with van der Waals surface area (Å²) in [5.74, 6) is 0. The van der Waals surface area contributed by atoms with E-state index in [2.05, 4.69) is 44.8 Å². The van der Waals surface area contributed by atoms with Crippen LogP contribution in [0.5, 0.6) is 0 Å². The molecule has 1 nitrogen and oxygen atoms in total. The van der Waals surface area contributed by atoms with E-state index in [1.807, 2.05) is 18.2 Å². The molecule has 0 aliphatic rings. The van der Waals surface area contributed by atoms with Gasteiger partial charge in [0, 0.05) is 23.7 Å². The topological polar surface area (TPSA) is 26.0 Å². The molecule has 1 aromatic heterocycles. The lowest BCUT2D eigenvalue weighted by Crippen LogP contribution is -2.10. The molecule has 1 atom stereocenters. The summed E-state index contributed by atoms with van der Waals surface area (Å²) >= 11 is 14.7. The van der Waals surface area contributed by atoms with Gasteiger partial charge in [-0.1, -0.05) is 27.5 Å². The molecule has 2 aromatic rings. The van der Waals surface area contributed by atoms with Gasteiger partial charge in [0.2, 0.25) is 0 Å². The van der Waals surface area contributed by atoms with Crippen LogP contribution in [0.15, 0.2) is 33.2 Å². The lowest BCUT2D eigenvalue weighted by Gasteiger charge is -2.11. The molecule has 0 saturated carbocycles. The van der Waals surface area contributed by atoms with Gasteiger partial charge in [0.05, 0.1) is 6.04 Å². The Morgan fingerprint density at radius 1 is 1.24 bits per heavy atom. The van der Waals surface area contributed by atoms with Crippen molar-refractivity contribution >= 4 is 54.8 Å². The van der Waals surface area contributed by atoms with Gasteiger partial charge in [0.15, 0.2) is 0 Å². The second-order valence-electron chi connectivity index (χ2n) is 3.73. The molecule has 0 bridgehead atoms. The molecule has 90 valence electrons. The maximum Gasteiger partial charge on any atom is 0.0647 e. The smallest absolute Gasteiger partial charge is 0.0647 e. The summed E-state index contributed by atoms with van der Waals surface area (Å²) < 4.78 is 2.05. The Morgan fingerprint density at radius 2 is 1.94 bits per heavy atom. The Hall–Kier alpha value is 0.130. The summed E-state index contributed by atoms with van der Waals surface area (Å²) in [6, 6.07) is 7.69. The average molecular weight is 396 g/mol. The summed E-state index contributed by atoms with van der Waals surface area (Å²) in [6.07, 6.45) is 0. The second kappa shape index (κ2) is 5.41. The average Bonchev–Trinajstić information content (AvgIpc) is 2.57. The molecule has 5 heteroatoms. The normalized spacial score (nSPS) is 12.8. The fraction of sp³-hybridized carbons (Fsp3) is 0.167. The van der Waals surface area contributed by atoms with Gasteiger partial charge in [-0.05, 0) is 52.7 Å². The molecule has 2 rings (SSSR count). The SMILES string of the molecule is Cc1sc(C(N)c2cc(Cl)cc(Br)c2)cc1Br. The molecule has 0 fully saturated rings. The summed E-state index contributed by atoms with van der Waals surface area (Å²) in [5, 5.41) is 0.692. The van der Waals surface area contributed by atoms with Crippen molar-refractivity contribution in [2.45, 2.75) is 13.0 Å². The van der Waals surface area contributed by atoms with Crippen LogP contribution in [0, 0.1) is 6.92 Å². The lowest BCUT2D eigenvalue weighted by molar-refractivity contribution is 0.892. The Morgan fingerprint density at radius 3 is 2.47 bits per heavy atom. The molecule has 0 aliphatic carbocycles. The second-order valence-corrected chi connectivity index (χ2v) is 7.23. The van der Waals surface area contributed by atoms with Crippen LogP contribution in [0.3, 0.4) is 0 Å². The van der Waals surface area contributed by atoms with Crippen molar-refractivity contribution in [3.63, 3.8) is 0 Å². The van der Waals surface area contributed by atoms with E-state index in [4.69, 9.17) is 17.3 Å². The minimum Gasteiger partial charge on any atom is -0.320 e. The van der Waals surface area contributed by atoms with Gasteiger partial charge >= 0.3 is 0 Å². The lowest BCUT2D eigenvalue weighted by atomic mass is 10.1. The summed E-state index contributed by atoms with van der Waals surface area (Å²) in [7, 11) is 0. The van der Waals surface area contributed by atoms with Crippen LogP contribution in [-0.4, -0.2) is 0 Å². The highest BCUT2D eigenvalue weighted by Crippen LogP contribution is 2.34. The molecule has 1 heterocycles. The van der Waals surface area contributed by atoms with E-state index in [0.717, 1.165) is 19.4 Å².